The van der Waals surface area contributed by atoms with Crippen molar-refractivity contribution in [3.8, 4) is 5.75 Å². The SMILES string of the molecule is CCCCCCCCCC[C@H]1C(=O)N(c2ccc(OC)cc2)[C@@H]1c1ccccc1. The Morgan fingerprint density at radius 1 is 0.828 bits per heavy atom. The number of β-lactam (4-membered cyclic amide) rings is 1. The van der Waals surface area contributed by atoms with E-state index in [0.717, 1.165) is 24.3 Å². The Kier molecular flexibility index (Phi) is 8.15. The molecule has 0 radical (unpaired) electrons. The van der Waals surface area contributed by atoms with Gasteiger partial charge in [0, 0.05) is 5.69 Å². The van der Waals surface area contributed by atoms with Crippen molar-refractivity contribution in [2.24, 2.45) is 5.92 Å². The Hall–Kier alpha value is -2.29. The molecule has 2 atom stereocenters. The van der Waals surface area contributed by atoms with Crippen molar-refractivity contribution in [2.75, 3.05) is 12.0 Å². The van der Waals surface area contributed by atoms with Crippen LogP contribution in [0.5, 0.6) is 5.75 Å². The fourth-order valence-electron chi connectivity index (χ4n) is 4.39. The molecule has 156 valence electrons. The van der Waals surface area contributed by atoms with Crippen LogP contribution >= 0.6 is 0 Å². The van der Waals surface area contributed by atoms with Gasteiger partial charge in [0.15, 0.2) is 0 Å². The molecule has 29 heavy (non-hydrogen) atoms. The van der Waals surface area contributed by atoms with Crippen LogP contribution in [0.4, 0.5) is 5.69 Å². The quantitative estimate of drug-likeness (QED) is 0.289. The molecule has 1 aliphatic rings. The summed E-state index contributed by atoms with van der Waals surface area (Å²) in [5.74, 6) is 1.17. The first-order valence-electron chi connectivity index (χ1n) is 11.3. The van der Waals surface area contributed by atoms with E-state index in [1.165, 1.54) is 50.5 Å². The van der Waals surface area contributed by atoms with Gasteiger partial charge in [0.05, 0.1) is 19.1 Å². The fraction of sp³-hybridized carbons (Fsp3) is 0.500. The minimum Gasteiger partial charge on any atom is -0.497 e. The van der Waals surface area contributed by atoms with Gasteiger partial charge in [-0.05, 0) is 36.2 Å². The lowest BCUT2D eigenvalue weighted by Crippen LogP contribution is -2.55. The van der Waals surface area contributed by atoms with E-state index in [2.05, 4.69) is 31.2 Å². The molecule has 1 aliphatic heterocycles. The molecule has 1 fully saturated rings. The summed E-state index contributed by atoms with van der Waals surface area (Å²) in [7, 11) is 1.66. The second kappa shape index (κ2) is 11.0. The summed E-state index contributed by atoms with van der Waals surface area (Å²) in [4.78, 5) is 15.0. The maximum atomic E-state index is 13.0. The van der Waals surface area contributed by atoms with Crippen LogP contribution in [0, 0.1) is 5.92 Å². The average Bonchev–Trinajstić information content (AvgIpc) is 2.77. The van der Waals surface area contributed by atoms with E-state index < -0.39 is 0 Å². The van der Waals surface area contributed by atoms with Crippen LogP contribution in [-0.4, -0.2) is 13.0 Å². The van der Waals surface area contributed by atoms with Gasteiger partial charge in [-0.15, -0.1) is 0 Å². The molecular formula is C26H35NO2. The van der Waals surface area contributed by atoms with E-state index in [1.54, 1.807) is 7.11 Å². The summed E-state index contributed by atoms with van der Waals surface area (Å²) in [6.07, 6.45) is 11.4. The monoisotopic (exact) mass is 393 g/mol. The van der Waals surface area contributed by atoms with Gasteiger partial charge < -0.3 is 9.64 Å². The Bertz CT molecular complexity index is 741. The molecule has 3 nitrogen and oxygen atoms in total. The lowest BCUT2D eigenvalue weighted by molar-refractivity contribution is -0.130. The van der Waals surface area contributed by atoms with Crippen molar-refractivity contribution in [1.82, 2.24) is 0 Å². The van der Waals surface area contributed by atoms with E-state index in [9.17, 15) is 4.79 Å². The number of methoxy groups -OCH3 is 1. The average molecular weight is 394 g/mol. The normalized spacial score (nSPS) is 18.6. The van der Waals surface area contributed by atoms with Crippen LogP contribution in [-0.2, 0) is 4.79 Å². The van der Waals surface area contributed by atoms with Gasteiger partial charge in [-0.1, -0.05) is 88.6 Å². The van der Waals surface area contributed by atoms with Crippen molar-refractivity contribution in [3.63, 3.8) is 0 Å². The van der Waals surface area contributed by atoms with Crippen molar-refractivity contribution < 1.29 is 9.53 Å². The number of nitrogens with zero attached hydrogens (tertiary/aromatic N) is 1. The molecule has 0 N–H and O–H groups in total. The van der Waals surface area contributed by atoms with Gasteiger partial charge in [0.1, 0.15) is 5.75 Å². The molecule has 0 bridgehead atoms. The molecule has 1 saturated heterocycles. The predicted octanol–water partition coefficient (Wildman–Crippen LogP) is 6.93. The zero-order valence-corrected chi connectivity index (χ0v) is 18.0. The van der Waals surface area contributed by atoms with Crippen LogP contribution in [0.1, 0.15) is 76.3 Å². The Balaban J connectivity index is 1.59. The molecule has 2 aromatic rings. The van der Waals surface area contributed by atoms with Crippen molar-refractivity contribution in [1.29, 1.82) is 0 Å². The molecule has 0 aliphatic carbocycles. The van der Waals surface area contributed by atoms with Gasteiger partial charge in [-0.25, -0.2) is 0 Å². The third-order valence-electron chi connectivity index (χ3n) is 6.07. The first-order chi connectivity index (χ1) is 14.3. The summed E-state index contributed by atoms with van der Waals surface area (Å²) < 4.78 is 5.26. The molecule has 1 heterocycles. The van der Waals surface area contributed by atoms with E-state index in [0.29, 0.717) is 0 Å². The molecule has 2 aromatic carbocycles. The van der Waals surface area contributed by atoms with Crippen molar-refractivity contribution >= 4 is 11.6 Å². The Morgan fingerprint density at radius 2 is 1.45 bits per heavy atom. The van der Waals surface area contributed by atoms with Gasteiger partial charge in [0.25, 0.3) is 0 Å². The Labute approximate surface area is 176 Å². The molecule has 1 amide bonds. The Morgan fingerprint density at radius 3 is 2.07 bits per heavy atom. The van der Waals surface area contributed by atoms with Gasteiger partial charge in [-0.3, -0.25) is 4.79 Å². The second-order valence-corrected chi connectivity index (χ2v) is 8.13. The number of ether oxygens (including phenoxy) is 1. The highest BCUT2D eigenvalue weighted by molar-refractivity contribution is 6.03. The second-order valence-electron chi connectivity index (χ2n) is 8.13. The van der Waals surface area contributed by atoms with E-state index in [-0.39, 0.29) is 17.9 Å². The van der Waals surface area contributed by atoms with E-state index in [4.69, 9.17) is 4.74 Å². The standard InChI is InChI=1S/C26H35NO2/c1-3-4-5-6-7-8-9-13-16-24-25(21-14-11-10-12-15-21)27(26(24)28)22-17-19-23(29-2)20-18-22/h10-12,14-15,17-20,24-25H,3-9,13,16H2,1-2H3/t24-,25-/m1/s1. The number of unbranched alkanes of at least 4 members (excludes halogenated alkanes) is 7. The summed E-state index contributed by atoms with van der Waals surface area (Å²) in [6.45, 7) is 2.26. The van der Waals surface area contributed by atoms with Crippen molar-refractivity contribution in [2.45, 2.75) is 70.8 Å². The molecule has 3 rings (SSSR count). The highest BCUT2D eigenvalue weighted by atomic mass is 16.5. The zero-order chi connectivity index (χ0) is 20.5. The van der Waals surface area contributed by atoms with Crippen LogP contribution in [0.15, 0.2) is 54.6 Å². The highest BCUT2D eigenvalue weighted by Gasteiger charge is 2.47. The molecule has 0 spiro atoms. The van der Waals surface area contributed by atoms with E-state index >= 15 is 0 Å². The number of carbonyl (C=O) groups excluding carboxylic acids is 1. The van der Waals surface area contributed by atoms with Crippen molar-refractivity contribution in [3.05, 3.63) is 60.2 Å². The maximum absolute atomic E-state index is 13.0. The zero-order valence-electron chi connectivity index (χ0n) is 18.0. The summed E-state index contributed by atoms with van der Waals surface area (Å²) >= 11 is 0. The number of benzene rings is 2. The summed E-state index contributed by atoms with van der Waals surface area (Å²) in [6, 6.07) is 18.4. The number of anilines is 1. The maximum Gasteiger partial charge on any atom is 0.233 e. The molecular weight excluding hydrogens is 358 g/mol. The topological polar surface area (TPSA) is 29.5 Å². The fourth-order valence-corrected chi connectivity index (χ4v) is 4.39. The number of amides is 1. The predicted molar refractivity (Wildman–Crippen MR) is 120 cm³/mol. The molecule has 0 saturated carbocycles. The van der Waals surface area contributed by atoms with Crippen LogP contribution in [0.3, 0.4) is 0 Å². The minimum atomic E-state index is 0.0968. The third-order valence-corrected chi connectivity index (χ3v) is 6.07. The minimum absolute atomic E-state index is 0.0968. The first kappa shape index (κ1) is 21.4. The highest BCUT2D eigenvalue weighted by Crippen LogP contribution is 2.45. The number of hydrogen-bond donors (Lipinski definition) is 0. The van der Waals surface area contributed by atoms with Gasteiger partial charge >= 0.3 is 0 Å². The number of rotatable bonds is 12. The first-order valence-corrected chi connectivity index (χ1v) is 11.3. The smallest absolute Gasteiger partial charge is 0.233 e. The summed E-state index contributed by atoms with van der Waals surface area (Å²) in [5.41, 5.74) is 2.18. The lowest BCUT2D eigenvalue weighted by atomic mass is 9.78. The van der Waals surface area contributed by atoms with Crippen LogP contribution < -0.4 is 9.64 Å². The molecule has 0 aromatic heterocycles. The van der Waals surface area contributed by atoms with E-state index in [1.807, 2.05) is 35.2 Å². The molecule has 0 unspecified atom stereocenters. The summed E-state index contributed by atoms with van der Waals surface area (Å²) in [5, 5.41) is 0. The molecule has 3 heteroatoms. The largest absolute Gasteiger partial charge is 0.497 e. The van der Waals surface area contributed by atoms with Crippen LogP contribution in [0.25, 0.3) is 0 Å². The third kappa shape index (κ3) is 5.41. The number of hydrogen-bond acceptors (Lipinski definition) is 2. The van der Waals surface area contributed by atoms with Gasteiger partial charge in [0.2, 0.25) is 5.91 Å². The lowest BCUT2D eigenvalue weighted by Gasteiger charge is -2.47. The number of carbonyl (C=O) groups is 1. The van der Waals surface area contributed by atoms with Crippen LogP contribution in [0.2, 0.25) is 0 Å². The van der Waals surface area contributed by atoms with Gasteiger partial charge in [-0.2, -0.15) is 0 Å².